The smallest absolute Gasteiger partial charge is 0.331 e. The first-order valence-electron chi connectivity index (χ1n) is 7.84. The van der Waals surface area contributed by atoms with Gasteiger partial charge in [-0.25, -0.2) is 9.59 Å². The number of hydrogen-bond acceptors (Lipinski definition) is 5. The van der Waals surface area contributed by atoms with Gasteiger partial charge in [0.1, 0.15) is 12.6 Å². The van der Waals surface area contributed by atoms with Crippen LogP contribution in [0.4, 0.5) is 5.69 Å². The van der Waals surface area contributed by atoms with Crippen molar-refractivity contribution in [3.8, 4) is 5.75 Å². The molecule has 1 aromatic rings. The number of amides is 1. The number of fused-ring (bicyclic) bond motifs is 1. The summed E-state index contributed by atoms with van der Waals surface area (Å²) in [6, 6.07) is 4.44. The number of esters is 1. The molecule has 0 bridgehead atoms. The van der Waals surface area contributed by atoms with Crippen LogP contribution in [-0.4, -0.2) is 42.1 Å². The van der Waals surface area contributed by atoms with Gasteiger partial charge in [0.25, 0.3) is 0 Å². The quantitative estimate of drug-likeness (QED) is 0.602. The van der Waals surface area contributed by atoms with Gasteiger partial charge >= 0.3 is 11.9 Å². The van der Waals surface area contributed by atoms with Crippen LogP contribution in [0.25, 0.3) is 0 Å². The summed E-state index contributed by atoms with van der Waals surface area (Å²) in [6.45, 7) is 5.50. The molecule has 0 saturated carbocycles. The molecule has 1 unspecified atom stereocenters. The van der Waals surface area contributed by atoms with Crippen molar-refractivity contribution in [1.29, 1.82) is 0 Å². The molecule has 7 nitrogen and oxygen atoms in total. The zero-order valence-corrected chi connectivity index (χ0v) is 14.0. The van der Waals surface area contributed by atoms with E-state index in [1.54, 1.807) is 17.0 Å². The van der Waals surface area contributed by atoms with Gasteiger partial charge in [-0.05, 0) is 37.0 Å². The summed E-state index contributed by atoms with van der Waals surface area (Å²) in [6.07, 6.45) is 0.346. The number of ether oxygens (including phenoxy) is 1. The van der Waals surface area contributed by atoms with E-state index in [0.29, 0.717) is 17.9 Å². The predicted octanol–water partition coefficient (Wildman–Crippen LogP) is 1.34. The third kappa shape index (κ3) is 4.47. The molecule has 1 aromatic carbocycles. The highest BCUT2D eigenvalue weighted by atomic mass is 16.5. The largest absolute Gasteiger partial charge is 0.480 e. The van der Waals surface area contributed by atoms with Gasteiger partial charge < -0.3 is 20.1 Å². The number of nitrogens with zero attached hydrogens (tertiary/aromatic N) is 1. The minimum Gasteiger partial charge on any atom is -0.480 e. The average Bonchev–Trinajstić information content (AvgIpc) is 2.45. The van der Waals surface area contributed by atoms with Crippen molar-refractivity contribution < 1.29 is 24.2 Å². The van der Waals surface area contributed by atoms with E-state index >= 15 is 0 Å². The van der Waals surface area contributed by atoms with Crippen LogP contribution in [0.2, 0.25) is 0 Å². The Hall–Kier alpha value is -2.57. The number of carboxylic acid groups (broad SMARTS) is 1. The van der Waals surface area contributed by atoms with Crippen LogP contribution < -0.4 is 15.0 Å². The third-order valence-corrected chi connectivity index (χ3v) is 3.67. The molecule has 130 valence electrons. The van der Waals surface area contributed by atoms with Gasteiger partial charge in [-0.15, -0.1) is 0 Å². The van der Waals surface area contributed by atoms with Gasteiger partial charge in [-0.3, -0.25) is 4.79 Å². The number of carbonyl (C=O) groups is 3. The summed E-state index contributed by atoms with van der Waals surface area (Å²) >= 11 is 0. The van der Waals surface area contributed by atoms with Gasteiger partial charge in [-0.1, -0.05) is 19.9 Å². The predicted molar refractivity (Wildman–Crippen MR) is 88.0 cm³/mol. The highest BCUT2D eigenvalue weighted by molar-refractivity contribution is 5.91. The zero-order chi connectivity index (χ0) is 17.9. The molecular weight excluding hydrogens is 312 g/mol. The zero-order valence-electron chi connectivity index (χ0n) is 14.0. The lowest BCUT2D eigenvalue weighted by Gasteiger charge is -2.30. The molecular formula is C17H22N2O5. The van der Waals surface area contributed by atoms with Gasteiger partial charge in [-0.2, -0.15) is 0 Å². The van der Waals surface area contributed by atoms with Crippen molar-refractivity contribution in [2.24, 2.45) is 5.92 Å². The van der Waals surface area contributed by atoms with Crippen LogP contribution in [-0.2, 0) is 14.4 Å². The highest BCUT2D eigenvalue weighted by Gasteiger charge is 2.27. The van der Waals surface area contributed by atoms with Gasteiger partial charge in [0.15, 0.2) is 5.75 Å². The molecule has 0 aromatic heterocycles. The number of benzene rings is 1. The summed E-state index contributed by atoms with van der Waals surface area (Å²) in [5, 5.41) is 11.7. The summed E-state index contributed by atoms with van der Waals surface area (Å²) in [7, 11) is 0. The van der Waals surface area contributed by atoms with Crippen LogP contribution in [0.3, 0.4) is 0 Å². The van der Waals surface area contributed by atoms with Crippen molar-refractivity contribution in [2.75, 3.05) is 18.0 Å². The molecule has 24 heavy (non-hydrogen) atoms. The Bertz CT molecular complexity index is 656. The van der Waals surface area contributed by atoms with Crippen LogP contribution in [0.1, 0.15) is 25.8 Å². The van der Waals surface area contributed by atoms with E-state index in [4.69, 9.17) is 4.74 Å². The van der Waals surface area contributed by atoms with Crippen molar-refractivity contribution in [3.63, 3.8) is 0 Å². The lowest BCUT2D eigenvalue weighted by molar-refractivity contribution is -0.142. The molecule has 2 N–H and O–H groups in total. The molecule has 1 aliphatic rings. The lowest BCUT2D eigenvalue weighted by atomic mass is 10.0. The molecule has 1 atom stereocenters. The molecule has 1 amide bonds. The number of rotatable bonds is 6. The number of hydrogen-bond donors (Lipinski definition) is 2. The Kier molecular flexibility index (Phi) is 5.43. The first-order valence-corrected chi connectivity index (χ1v) is 7.84. The molecule has 7 heteroatoms. The summed E-state index contributed by atoms with van der Waals surface area (Å²) < 4.78 is 5.19. The number of aliphatic carboxylic acids is 1. The standard InChI is InChI=1S/C17H22N2O5/c1-10(2)6-12(17(22)23)18-15(20)8-19-9-16(21)24-14-7-11(3)4-5-13(14)19/h4-5,7,10,12H,6,8-9H2,1-3H3,(H,18,20)(H,22,23). The van der Waals surface area contributed by atoms with Crippen LogP contribution >= 0.6 is 0 Å². The second kappa shape index (κ2) is 7.33. The second-order valence-electron chi connectivity index (χ2n) is 6.39. The van der Waals surface area contributed by atoms with E-state index in [-0.39, 0.29) is 19.0 Å². The maximum absolute atomic E-state index is 12.2. The number of anilines is 1. The van der Waals surface area contributed by atoms with Crippen molar-refractivity contribution in [1.82, 2.24) is 5.32 Å². The normalized spacial score (nSPS) is 14.8. The van der Waals surface area contributed by atoms with Gasteiger partial charge in [0.05, 0.1) is 12.2 Å². The Morgan fingerprint density at radius 2 is 2.08 bits per heavy atom. The third-order valence-electron chi connectivity index (χ3n) is 3.67. The Balaban J connectivity index is 2.09. The van der Waals surface area contributed by atoms with E-state index < -0.39 is 23.9 Å². The minimum atomic E-state index is -1.06. The minimum absolute atomic E-state index is 0.0502. The number of carbonyl (C=O) groups excluding carboxylic acids is 2. The molecule has 0 fully saturated rings. The van der Waals surface area contributed by atoms with Gasteiger partial charge in [0.2, 0.25) is 5.91 Å². The Morgan fingerprint density at radius 1 is 1.38 bits per heavy atom. The van der Waals surface area contributed by atoms with E-state index in [1.165, 1.54) is 0 Å². The Labute approximate surface area is 140 Å². The molecule has 0 radical (unpaired) electrons. The molecule has 0 saturated heterocycles. The van der Waals surface area contributed by atoms with Crippen LogP contribution in [0.15, 0.2) is 18.2 Å². The highest BCUT2D eigenvalue weighted by Crippen LogP contribution is 2.32. The molecule has 2 rings (SSSR count). The van der Waals surface area contributed by atoms with E-state index in [1.807, 2.05) is 26.8 Å². The van der Waals surface area contributed by atoms with Crippen molar-refractivity contribution in [3.05, 3.63) is 23.8 Å². The van der Waals surface area contributed by atoms with Gasteiger partial charge in [0, 0.05) is 0 Å². The van der Waals surface area contributed by atoms with E-state index in [2.05, 4.69) is 5.32 Å². The summed E-state index contributed by atoms with van der Waals surface area (Å²) in [5.41, 5.74) is 1.59. The fourth-order valence-corrected chi connectivity index (χ4v) is 2.61. The van der Waals surface area contributed by atoms with E-state index in [0.717, 1.165) is 5.56 Å². The SMILES string of the molecule is Cc1ccc2c(c1)OC(=O)CN2CC(=O)NC(CC(C)C)C(=O)O. The number of carboxylic acids is 1. The first kappa shape index (κ1) is 17.8. The van der Waals surface area contributed by atoms with Crippen LogP contribution in [0, 0.1) is 12.8 Å². The fraction of sp³-hybridized carbons (Fsp3) is 0.471. The lowest BCUT2D eigenvalue weighted by Crippen LogP contribution is -2.48. The molecule has 1 heterocycles. The Morgan fingerprint density at radius 3 is 2.71 bits per heavy atom. The second-order valence-corrected chi connectivity index (χ2v) is 6.39. The van der Waals surface area contributed by atoms with Crippen molar-refractivity contribution in [2.45, 2.75) is 33.2 Å². The number of aryl methyl sites for hydroxylation is 1. The maximum atomic E-state index is 12.2. The molecule has 1 aliphatic heterocycles. The maximum Gasteiger partial charge on any atom is 0.331 e. The molecule has 0 aliphatic carbocycles. The topological polar surface area (TPSA) is 95.9 Å². The monoisotopic (exact) mass is 334 g/mol. The fourth-order valence-electron chi connectivity index (χ4n) is 2.61. The van der Waals surface area contributed by atoms with Crippen LogP contribution in [0.5, 0.6) is 5.75 Å². The average molecular weight is 334 g/mol. The van der Waals surface area contributed by atoms with E-state index in [9.17, 15) is 19.5 Å². The summed E-state index contributed by atoms with van der Waals surface area (Å²) in [5.74, 6) is -1.40. The van der Waals surface area contributed by atoms with Crippen molar-refractivity contribution >= 4 is 23.5 Å². The summed E-state index contributed by atoms with van der Waals surface area (Å²) in [4.78, 5) is 36.8. The number of nitrogens with one attached hydrogen (secondary N) is 1. The molecule has 0 spiro atoms. The first-order chi connectivity index (χ1) is 11.3.